The average Bonchev–Trinajstić information content (AvgIpc) is 2.30. The molecule has 0 saturated carbocycles. The van der Waals surface area contributed by atoms with E-state index in [2.05, 4.69) is 0 Å². The number of thiol groups is 1. The first-order valence-electron chi connectivity index (χ1n) is 4.71. The third-order valence-corrected chi connectivity index (χ3v) is 2.98. The van der Waals surface area contributed by atoms with Crippen LogP contribution in [0.25, 0.3) is 11.1 Å². The van der Waals surface area contributed by atoms with Crippen LogP contribution in [-0.4, -0.2) is 13.5 Å². The largest absolute Gasteiger partial charge is 0.507 e. The lowest BCUT2D eigenvalue weighted by Crippen LogP contribution is -1.84. The van der Waals surface area contributed by atoms with Gasteiger partial charge in [-0.2, -0.15) is 0 Å². The Bertz CT molecular complexity index is 566. The van der Waals surface area contributed by atoms with E-state index >= 15 is 0 Å². The normalized spacial score (nSPS) is 10.6. The van der Waals surface area contributed by atoms with Crippen molar-refractivity contribution in [1.29, 1.82) is 0 Å². The summed E-state index contributed by atoms with van der Waals surface area (Å²) >= 11 is 0. The van der Waals surface area contributed by atoms with Crippen molar-refractivity contribution in [2.45, 2.75) is 4.90 Å². The van der Waals surface area contributed by atoms with Gasteiger partial charge in [-0.15, -0.1) is 0 Å². The van der Waals surface area contributed by atoms with Crippen molar-refractivity contribution in [3.63, 3.8) is 0 Å². The van der Waals surface area contributed by atoms with Crippen LogP contribution >= 0.6 is 0 Å². The highest BCUT2D eigenvalue weighted by atomic mass is 32.2. The van der Waals surface area contributed by atoms with Gasteiger partial charge in [-0.1, -0.05) is 30.3 Å². The van der Waals surface area contributed by atoms with Gasteiger partial charge in [-0.3, -0.25) is 0 Å². The van der Waals surface area contributed by atoms with Gasteiger partial charge in [0.05, 0.1) is 4.90 Å². The van der Waals surface area contributed by atoms with E-state index in [4.69, 9.17) is 0 Å². The molecule has 0 unspecified atom stereocenters. The molecule has 1 N–H and O–H groups in total. The predicted molar refractivity (Wildman–Crippen MR) is 62.1 cm³/mol. The number of rotatable bonds is 2. The minimum atomic E-state index is -2.63. The van der Waals surface area contributed by atoms with Crippen LogP contribution in [0.3, 0.4) is 0 Å². The van der Waals surface area contributed by atoms with Gasteiger partial charge in [0.2, 0.25) is 0 Å². The molecule has 16 heavy (non-hydrogen) atoms. The van der Waals surface area contributed by atoms with Crippen LogP contribution < -0.4 is 0 Å². The SMILES string of the molecule is O=[SH](=O)c1ccc(O)c(-c2ccccc2)c1. The summed E-state index contributed by atoms with van der Waals surface area (Å²) in [6.07, 6.45) is 0. The maximum absolute atomic E-state index is 10.9. The monoisotopic (exact) mass is 234 g/mol. The third-order valence-electron chi connectivity index (χ3n) is 2.28. The summed E-state index contributed by atoms with van der Waals surface area (Å²) in [6.45, 7) is 0. The van der Waals surface area contributed by atoms with E-state index in [1.807, 2.05) is 30.3 Å². The fraction of sp³-hybridized carbons (Fsp3) is 0. The second kappa shape index (κ2) is 4.37. The lowest BCUT2D eigenvalue weighted by Gasteiger charge is -2.04. The second-order valence-corrected chi connectivity index (χ2v) is 4.36. The van der Waals surface area contributed by atoms with Crippen LogP contribution in [-0.2, 0) is 10.7 Å². The zero-order valence-corrected chi connectivity index (χ0v) is 9.22. The summed E-state index contributed by atoms with van der Waals surface area (Å²) in [6, 6.07) is 13.4. The molecular formula is C12H10O3S. The van der Waals surface area contributed by atoms with Crippen LogP contribution in [0.15, 0.2) is 53.4 Å². The van der Waals surface area contributed by atoms with Gasteiger partial charge >= 0.3 is 0 Å². The first-order valence-corrected chi connectivity index (χ1v) is 5.89. The lowest BCUT2D eigenvalue weighted by molar-refractivity contribution is 0.477. The topological polar surface area (TPSA) is 54.4 Å². The minimum absolute atomic E-state index is 0.0757. The van der Waals surface area contributed by atoms with Crippen LogP contribution in [0.2, 0.25) is 0 Å². The average molecular weight is 234 g/mol. The standard InChI is InChI=1S/C12H10O3S/c13-12-7-6-10(16(14)15)8-11(12)9-4-2-1-3-5-9/h1-8,13,16H. The Kier molecular flexibility index (Phi) is 2.92. The Morgan fingerprint density at radius 2 is 1.62 bits per heavy atom. The number of phenols is 1. The van der Waals surface area contributed by atoms with Gasteiger partial charge in [-0.25, -0.2) is 8.42 Å². The molecule has 0 saturated heterocycles. The van der Waals surface area contributed by atoms with Crippen molar-refractivity contribution in [1.82, 2.24) is 0 Å². The highest BCUT2D eigenvalue weighted by Gasteiger charge is 2.06. The quantitative estimate of drug-likeness (QED) is 0.782. The molecule has 0 radical (unpaired) electrons. The third kappa shape index (κ3) is 2.06. The molecule has 0 spiro atoms. The number of phenolic OH excluding ortho intramolecular Hbond substituents is 1. The molecule has 0 amide bonds. The highest BCUT2D eigenvalue weighted by molar-refractivity contribution is 7.72. The van der Waals surface area contributed by atoms with Crippen LogP contribution in [0, 0.1) is 0 Å². The Morgan fingerprint density at radius 1 is 0.938 bits per heavy atom. The van der Waals surface area contributed by atoms with E-state index < -0.39 is 10.7 Å². The van der Waals surface area contributed by atoms with E-state index in [0.717, 1.165) is 5.56 Å². The summed E-state index contributed by atoms with van der Waals surface area (Å²) in [4.78, 5) is 0.201. The van der Waals surface area contributed by atoms with Gasteiger partial charge in [0.25, 0.3) is 0 Å². The zero-order chi connectivity index (χ0) is 11.5. The summed E-state index contributed by atoms with van der Waals surface area (Å²) < 4.78 is 21.7. The molecule has 2 aromatic rings. The molecule has 0 aromatic heterocycles. The van der Waals surface area contributed by atoms with Crippen molar-refractivity contribution in [3.8, 4) is 16.9 Å². The number of hydrogen-bond donors (Lipinski definition) is 2. The molecule has 3 nitrogen and oxygen atoms in total. The van der Waals surface area contributed by atoms with Crippen molar-refractivity contribution in [2.75, 3.05) is 0 Å². The number of benzene rings is 2. The van der Waals surface area contributed by atoms with Gasteiger partial charge < -0.3 is 5.11 Å². The first kappa shape index (κ1) is 10.7. The van der Waals surface area contributed by atoms with Crippen LogP contribution in [0.1, 0.15) is 0 Å². The first-order chi connectivity index (χ1) is 7.68. The molecule has 4 heteroatoms. The highest BCUT2D eigenvalue weighted by Crippen LogP contribution is 2.30. The lowest BCUT2D eigenvalue weighted by atomic mass is 10.1. The Balaban J connectivity index is 2.60. The maximum Gasteiger partial charge on any atom is 0.168 e. The molecule has 0 atom stereocenters. The molecule has 0 bridgehead atoms. The van der Waals surface area contributed by atoms with Gasteiger partial charge in [-0.05, 0) is 23.8 Å². The van der Waals surface area contributed by atoms with Gasteiger partial charge in [0.15, 0.2) is 10.7 Å². The summed E-state index contributed by atoms with van der Waals surface area (Å²) in [5.41, 5.74) is 1.32. The van der Waals surface area contributed by atoms with Gasteiger partial charge in [0.1, 0.15) is 5.75 Å². The maximum atomic E-state index is 10.9. The van der Waals surface area contributed by atoms with E-state index in [-0.39, 0.29) is 10.6 Å². The van der Waals surface area contributed by atoms with Crippen molar-refractivity contribution in [2.24, 2.45) is 0 Å². The molecule has 0 fully saturated rings. The van der Waals surface area contributed by atoms with Crippen LogP contribution in [0.4, 0.5) is 0 Å². The van der Waals surface area contributed by atoms with Crippen molar-refractivity contribution >= 4 is 10.7 Å². The van der Waals surface area contributed by atoms with E-state index in [1.165, 1.54) is 18.2 Å². The Labute approximate surface area is 94.9 Å². The number of aromatic hydroxyl groups is 1. The smallest absolute Gasteiger partial charge is 0.168 e. The summed E-state index contributed by atoms with van der Waals surface area (Å²) in [5.74, 6) is 0.0757. The van der Waals surface area contributed by atoms with Crippen molar-refractivity contribution in [3.05, 3.63) is 48.5 Å². The predicted octanol–water partition coefficient (Wildman–Crippen LogP) is 2.03. The Hall–Kier alpha value is -1.81. The molecule has 82 valence electrons. The summed E-state index contributed by atoms with van der Waals surface area (Å²) in [5, 5.41) is 9.67. The fourth-order valence-corrected chi connectivity index (χ4v) is 1.92. The second-order valence-electron chi connectivity index (χ2n) is 3.32. The molecule has 0 heterocycles. The van der Waals surface area contributed by atoms with E-state index in [9.17, 15) is 13.5 Å². The molecule has 0 aliphatic heterocycles. The number of hydrogen-bond acceptors (Lipinski definition) is 3. The van der Waals surface area contributed by atoms with E-state index in [0.29, 0.717) is 5.56 Å². The van der Waals surface area contributed by atoms with Crippen molar-refractivity contribution < 1.29 is 13.5 Å². The molecule has 0 aliphatic rings. The Morgan fingerprint density at radius 3 is 2.25 bits per heavy atom. The van der Waals surface area contributed by atoms with E-state index in [1.54, 1.807) is 0 Å². The molecule has 2 aromatic carbocycles. The molecule has 0 aliphatic carbocycles. The fourth-order valence-electron chi connectivity index (χ4n) is 1.49. The zero-order valence-electron chi connectivity index (χ0n) is 8.33. The minimum Gasteiger partial charge on any atom is -0.507 e. The summed E-state index contributed by atoms with van der Waals surface area (Å²) in [7, 11) is -2.63. The van der Waals surface area contributed by atoms with Gasteiger partial charge in [0, 0.05) is 5.56 Å². The molecular weight excluding hydrogens is 224 g/mol. The molecule has 2 rings (SSSR count). The van der Waals surface area contributed by atoms with Crippen LogP contribution in [0.5, 0.6) is 5.75 Å².